The summed E-state index contributed by atoms with van der Waals surface area (Å²) < 4.78 is 0. The molecule has 0 bridgehead atoms. The van der Waals surface area contributed by atoms with Crippen LogP contribution in [0.2, 0.25) is 0 Å². The predicted molar refractivity (Wildman–Crippen MR) is 69.6 cm³/mol. The summed E-state index contributed by atoms with van der Waals surface area (Å²) in [6.45, 7) is 4.05. The van der Waals surface area contributed by atoms with Gasteiger partial charge >= 0.3 is 0 Å². The molecule has 2 aliphatic carbocycles. The number of carbonyl (C=O) groups excluding carboxylic acids is 2. The van der Waals surface area contributed by atoms with Crippen LogP contribution in [0.4, 0.5) is 0 Å². The van der Waals surface area contributed by atoms with Crippen LogP contribution in [0, 0.1) is 23.7 Å². The fourth-order valence-electron chi connectivity index (χ4n) is 3.32. The van der Waals surface area contributed by atoms with Gasteiger partial charge in [0.1, 0.15) is 0 Å². The van der Waals surface area contributed by atoms with E-state index < -0.39 is 0 Å². The normalized spacial score (nSPS) is 34.1. The lowest BCUT2D eigenvalue weighted by atomic mass is 9.62. The molecule has 4 unspecified atom stereocenters. The minimum absolute atomic E-state index is 0.138. The standard InChI is InChI=1S/C16H16O2/c1-9-7-8-10(2)14-13(9)15(17)11-5-3-4-6-12(11)16(14)18/h3-10,13-14H,1-2H3. The van der Waals surface area contributed by atoms with E-state index in [9.17, 15) is 9.59 Å². The van der Waals surface area contributed by atoms with E-state index >= 15 is 0 Å². The molecule has 1 aromatic carbocycles. The molecule has 0 aliphatic heterocycles. The van der Waals surface area contributed by atoms with Crippen molar-refractivity contribution in [3.8, 4) is 0 Å². The Bertz CT molecular complexity index is 507. The first-order chi connectivity index (χ1) is 8.61. The Morgan fingerprint density at radius 3 is 1.56 bits per heavy atom. The van der Waals surface area contributed by atoms with Crippen molar-refractivity contribution in [2.24, 2.45) is 23.7 Å². The Kier molecular flexibility index (Phi) is 2.47. The number of benzene rings is 1. The lowest BCUT2D eigenvalue weighted by Gasteiger charge is -2.38. The van der Waals surface area contributed by atoms with Gasteiger partial charge in [-0.3, -0.25) is 9.59 Å². The molecule has 2 nitrogen and oxygen atoms in total. The van der Waals surface area contributed by atoms with Crippen LogP contribution in [0.3, 0.4) is 0 Å². The second-order valence-corrected chi connectivity index (χ2v) is 5.43. The van der Waals surface area contributed by atoms with Crippen molar-refractivity contribution in [1.29, 1.82) is 0 Å². The van der Waals surface area contributed by atoms with Crippen molar-refractivity contribution < 1.29 is 9.59 Å². The molecule has 0 heterocycles. The van der Waals surface area contributed by atoms with Crippen molar-refractivity contribution in [3.63, 3.8) is 0 Å². The van der Waals surface area contributed by atoms with Crippen LogP contribution in [0.1, 0.15) is 34.6 Å². The number of hydrogen-bond donors (Lipinski definition) is 0. The molecule has 0 N–H and O–H groups in total. The van der Waals surface area contributed by atoms with Gasteiger partial charge in [-0.15, -0.1) is 0 Å². The summed E-state index contributed by atoms with van der Waals surface area (Å²) in [6.07, 6.45) is 4.15. The number of rotatable bonds is 0. The highest BCUT2D eigenvalue weighted by Crippen LogP contribution is 2.42. The Morgan fingerprint density at radius 2 is 1.17 bits per heavy atom. The molecule has 2 aliphatic rings. The quantitative estimate of drug-likeness (QED) is 0.653. The molecular weight excluding hydrogens is 224 g/mol. The van der Waals surface area contributed by atoms with Crippen molar-refractivity contribution in [2.45, 2.75) is 13.8 Å². The molecule has 18 heavy (non-hydrogen) atoms. The molecule has 0 fully saturated rings. The second kappa shape index (κ2) is 3.91. The maximum atomic E-state index is 12.6. The van der Waals surface area contributed by atoms with Crippen LogP contribution in [-0.2, 0) is 0 Å². The Morgan fingerprint density at radius 1 is 0.778 bits per heavy atom. The Hall–Kier alpha value is -1.70. The van der Waals surface area contributed by atoms with Crippen LogP contribution in [0.5, 0.6) is 0 Å². The fourth-order valence-corrected chi connectivity index (χ4v) is 3.32. The van der Waals surface area contributed by atoms with Gasteiger partial charge in [0.2, 0.25) is 0 Å². The first-order valence-corrected chi connectivity index (χ1v) is 6.47. The van der Waals surface area contributed by atoms with Crippen LogP contribution in [0.15, 0.2) is 36.4 Å². The van der Waals surface area contributed by atoms with E-state index in [4.69, 9.17) is 0 Å². The minimum Gasteiger partial charge on any atom is -0.294 e. The van der Waals surface area contributed by atoms with Gasteiger partial charge in [-0.25, -0.2) is 0 Å². The average Bonchev–Trinajstić information content (AvgIpc) is 2.38. The number of allylic oxidation sites excluding steroid dienone is 2. The number of hydrogen-bond acceptors (Lipinski definition) is 2. The van der Waals surface area contributed by atoms with Crippen LogP contribution in [-0.4, -0.2) is 11.6 Å². The van der Waals surface area contributed by atoms with Crippen molar-refractivity contribution in [2.75, 3.05) is 0 Å². The Balaban J connectivity index is 2.19. The van der Waals surface area contributed by atoms with Crippen molar-refractivity contribution >= 4 is 11.6 Å². The summed E-state index contributed by atoms with van der Waals surface area (Å²) in [5.41, 5.74) is 1.22. The van der Waals surface area contributed by atoms with Gasteiger partial charge in [0.15, 0.2) is 11.6 Å². The largest absolute Gasteiger partial charge is 0.294 e. The van der Waals surface area contributed by atoms with Gasteiger partial charge in [0.05, 0.1) is 0 Å². The monoisotopic (exact) mass is 240 g/mol. The van der Waals surface area contributed by atoms with E-state index in [0.717, 1.165) is 0 Å². The lowest BCUT2D eigenvalue weighted by molar-refractivity contribution is 0.0639. The minimum atomic E-state index is -0.174. The zero-order valence-electron chi connectivity index (χ0n) is 10.6. The summed E-state index contributed by atoms with van der Waals surface area (Å²) in [5, 5.41) is 0. The molecule has 4 atom stereocenters. The third-order valence-electron chi connectivity index (χ3n) is 4.30. The molecule has 92 valence electrons. The zero-order chi connectivity index (χ0) is 12.9. The second-order valence-electron chi connectivity index (χ2n) is 5.43. The smallest absolute Gasteiger partial charge is 0.168 e. The molecule has 2 heteroatoms. The van der Waals surface area contributed by atoms with E-state index in [1.54, 1.807) is 12.1 Å². The number of carbonyl (C=O) groups is 2. The molecule has 0 aromatic heterocycles. The molecule has 0 saturated heterocycles. The first kappa shape index (κ1) is 11.4. The van der Waals surface area contributed by atoms with Gasteiger partial charge < -0.3 is 0 Å². The number of ketones is 2. The van der Waals surface area contributed by atoms with E-state index in [2.05, 4.69) is 12.2 Å². The predicted octanol–water partition coefficient (Wildman–Crippen LogP) is 3.14. The topological polar surface area (TPSA) is 34.1 Å². The summed E-state index contributed by atoms with van der Waals surface area (Å²) >= 11 is 0. The molecule has 0 amide bonds. The molecule has 0 spiro atoms. The Labute approximate surface area is 107 Å². The number of Topliss-reactive ketones (excluding diaryl/α,β-unsaturated/α-hetero) is 2. The summed E-state index contributed by atoms with van der Waals surface area (Å²) in [7, 11) is 0. The summed E-state index contributed by atoms with van der Waals surface area (Å²) in [4.78, 5) is 25.1. The van der Waals surface area contributed by atoms with Crippen LogP contribution < -0.4 is 0 Å². The highest BCUT2D eigenvalue weighted by molar-refractivity contribution is 6.16. The number of fused-ring (bicyclic) bond motifs is 2. The fraction of sp³-hybridized carbons (Fsp3) is 0.375. The van der Waals surface area contributed by atoms with Gasteiger partial charge in [-0.05, 0) is 11.8 Å². The molecule has 3 rings (SSSR count). The van der Waals surface area contributed by atoms with Crippen LogP contribution in [0.25, 0.3) is 0 Å². The third kappa shape index (κ3) is 1.41. The van der Waals surface area contributed by atoms with Gasteiger partial charge in [-0.2, -0.15) is 0 Å². The lowest BCUT2D eigenvalue weighted by Crippen LogP contribution is -2.44. The van der Waals surface area contributed by atoms with Crippen molar-refractivity contribution in [3.05, 3.63) is 47.5 Å². The first-order valence-electron chi connectivity index (χ1n) is 6.47. The highest BCUT2D eigenvalue weighted by atomic mass is 16.1. The highest BCUT2D eigenvalue weighted by Gasteiger charge is 2.46. The van der Waals surface area contributed by atoms with Crippen molar-refractivity contribution in [1.82, 2.24) is 0 Å². The molecule has 0 radical (unpaired) electrons. The molecule has 1 aromatic rings. The molecule has 0 saturated carbocycles. The maximum Gasteiger partial charge on any atom is 0.168 e. The van der Waals surface area contributed by atoms with E-state index in [0.29, 0.717) is 11.1 Å². The third-order valence-corrected chi connectivity index (χ3v) is 4.30. The van der Waals surface area contributed by atoms with Gasteiger partial charge in [0, 0.05) is 23.0 Å². The van der Waals surface area contributed by atoms with Gasteiger partial charge in [0.25, 0.3) is 0 Å². The van der Waals surface area contributed by atoms with Gasteiger partial charge in [-0.1, -0.05) is 50.3 Å². The van der Waals surface area contributed by atoms with E-state index in [1.165, 1.54) is 0 Å². The average molecular weight is 240 g/mol. The summed E-state index contributed by atoms with van der Waals surface area (Å²) in [5.74, 6) is 0.226. The molecular formula is C16H16O2. The van der Waals surface area contributed by atoms with Crippen LogP contribution >= 0.6 is 0 Å². The SMILES string of the molecule is CC1C=CC(C)C2C(=O)c3ccccc3C(=O)C12. The van der Waals surface area contributed by atoms with E-state index in [1.807, 2.05) is 26.0 Å². The summed E-state index contributed by atoms with van der Waals surface area (Å²) in [6, 6.07) is 7.22. The maximum absolute atomic E-state index is 12.6. The zero-order valence-corrected chi connectivity index (χ0v) is 10.6. The van der Waals surface area contributed by atoms with E-state index in [-0.39, 0.29) is 35.2 Å².